The number of hydrogen-bond acceptors (Lipinski definition) is 25. The van der Waals surface area contributed by atoms with Gasteiger partial charge in [0.25, 0.3) is 0 Å². The Morgan fingerprint density at radius 3 is 0.600 bits per heavy atom. The lowest BCUT2D eigenvalue weighted by Gasteiger charge is -2.36. The summed E-state index contributed by atoms with van der Waals surface area (Å²) < 4.78 is 548. The van der Waals surface area contributed by atoms with Gasteiger partial charge in [0, 0.05) is 40.5 Å². The first-order valence-corrected chi connectivity index (χ1v) is 72.1. The van der Waals surface area contributed by atoms with Crippen molar-refractivity contribution in [1.29, 1.82) is 0 Å². The quantitative estimate of drug-likeness (QED) is 0.0311. The fourth-order valence-corrected chi connectivity index (χ4v) is 20.7. The van der Waals surface area contributed by atoms with Gasteiger partial charge in [0.05, 0.1) is 134 Å². The molecule has 1 fully saturated rings. The van der Waals surface area contributed by atoms with Crippen molar-refractivity contribution < 1.29 is 243 Å². The minimum absolute atomic E-state index is 0.294. The van der Waals surface area contributed by atoms with Crippen LogP contribution in [0.1, 0.15) is 95.4 Å². The number of halogens is 26. The third kappa shape index (κ3) is 69.5. The molecule has 0 aromatic carbocycles. The van der Waals surface area contributed by atoms with Crippen molar-refractivity contribution in [3.05, 3.63) is 20.6 Å². The first-order valence-electron chi connectivity index (χ1n) is 40.6. The Bertz CT molecular complexity index is 4110. The molecule has 0 spiro atoms. The molecule has 1 rings (SSSR count). The van der Waals surface area contributed by atoms with Gasteiger partial charge in [0.2, 0.25) is 0 Å². The topological polar surface area (TPSA) is 458 Å². The SMILES string of the molecule is CC(F)(F)S(=O)(=O)[N-]S(=O)(=O)C(F)(F)F.CC(F)(F)S(=O)(=O)[N-]S(=O)(=O)C(F)(F)F.CC(F)(F)S(=O)(=O)[N-]S(=O)(=O)C(F)(F)F.CC(F)(F)S(=O)(=O)[N-]S(=O)(=O)C(F)(F)F.CCC[N+](C)(C)CCO[Si](C)(C)C.CC[N+](C)(C)CCO[Si](C)(C)C.CC[N+](C)(CC)CCO[Si](C)(C)C.CC[N+](CC)(CC)CCO[Si](C)(C)C.C[N+]1(CCO[Si](C)(C)C)CCCC1.O=S(=O)([N-]S(=O)(=O)C(F)(F)F)C(F)(F)F. The van der Waals surface area contributed by atoms with Crippen LogP contribution in [0.25, 0.3) is 20.6 Å². The average Bonchev–Trinajstić information content (AvgIpc) is 0.991. The average molecular weight is 2400 g/mol. The summed E-state index contributed by atoms with van der Waals surface area (Å²) in [4.78, 5) is 0. The van der Waals surface area contributed by atoms with E-state index in [4.69, 9.17) is 22.1 Å². The van der Waals surface area contributed by atoms with E-state index in [0.717, 1.165) is 86.8 Å². The highest BCUT2D eigenvalue weighted by Gasteiger charge is 2.50. The van der Waals surface area contributed by atoms with Crippen LogP contribution in [-0.2, 0) is 122 Å². The normalized spacial score (nSPS) is 15.2. The molecule has 0 N–H and O–H groups in total. The second-order valence-electron chi connectivity index (χ2n) is 36.7. The standard InChI is InChI=1S/C11H28NOSi.C10H24NOSi.2C10H26NOSi.C9H24NOSi.4C3H3F5NO4S2.C2F6NO4S2/c1-7-12(8-2,9-3)10-11-13-14(4,5)6;1-11(7-5-6-8-11)9-10-12-13(2,3)4;1-7-8-11(2,3)9-10-12-13(4,5)6;1-7-11(3,8-2)9-10-12-13(4,5)6;1-7-10(2,3)8-9-11-12(4,5)6;4*1-2(4,5)14(10,11)9-15(12,13)3(6,7)8;3-1(4,5)14(10,11)9-15(12,13)2(6,7)8/h7-11H2,1-6H3;5-10H2,1-4H3;2*7-10H2,1-6H3;7-9H2,1-6H3;4*1H3;/q5*+1;5*-1. The lowest BCUT2D eigenvalue weighted by molar-refractivity contribution is -0.923. The predicted molar refractivity (Wildman–Crippen MR) is 490 cm³/mol. The van der Waals surface area contributed by atoms with Crippen molar-refractivity contribution in [3.63, 3.8) is 0 Å². The summed E-state index contributed by atoms with van der Waals surface area (Å²) in [6.07, 6.45) is 4.06. The van der Waals surface area contributed by atoms with Gasteiger partial charge < -0.3 is 65.2 Å². The number of alkyl halides is 26. The van der Waals surface area contributed by atoms with Gasteiger partial charge in [0.1, 0.15) is 72.8 Å². The molecule has 0 bridgehead atoms. The fraction of sp³-hybridized carbons (Fsp3) is 1.00. The van der Waals surface area contributed by atoms with Crippen LogP contribution in [0.3, 0.4) is 0 Å². The maximum Gasteiger partial charge on any atom is 0.480 e. The van der Waals surface area contributed by atoms with Gasteiger partial charge in [-0.15, -0.1) is 0 Å². The minimum atomic E-state index is -6.72. The van der Waals surface area contributed by atoms with E-state index >= 15 is 0 Å². The van der Waals surface area contributed by atoms with Gasteiger partial charge in [0.15, 0.2) is 102 Å². The Kier molecular flexibility index (Phi) is 64.1. The number of hydrogen-bond donors (Lipinski definition) is 0. The number of likely N-dealkylation sites (N-methyl/N-ethyl adjacent to an activating group) is 5. The van der Waals surface area contributed by atoms with Gasteiger partial charge in [-0.05, 0) is 146 Å². The maximum atomic E-state index is 12.1. The summed E-state index contributed by atoms with van der Waals surface area (Å²) in [5.74, 6) is 0. The summed E-state index contributed by atoms with van der Waals surface area (Å²) in [5, 5.41) is -18.8. The van der Waals surface area contributed by atoms with Crippen molar-refractivity contribution in [2.24, 2.45) is 0 Å². The molecule has 0 radical (unpaired) electrons. The van der Waals surface area contributed by atoms with E-state index in [2.05, 4.69) is 189 Å². The summed E-state index contributed by atoms with van der Waals surface area (Å²) in [7, 11) is -56.3. The van der Waals surface area contributed by atoms with Crippen LogP contribution in [0.15, 0.2) is 0 Å². The third-order valence-electron chi connectivity index (χ3n) is 17.3. The second kappa shape index (κ2) is 57.6. The highest BCUT2D eigenvalue weighted by molar-refractivity contribution is 8.15. The molecule has 35 nitrogen and oxygen atoms in total. The number of sulfonamides is 10. The molecule has 0 aromatic heterocycles. The predicted octanol–water partition coefficient (Wildman–Crippen LogP) is 17.0. The van der Waals surface area contributed by atoms with Crippen molar-refractivity contribution in [1.82, 2.24) is 0 Å². The highest BCUT2D eigenvalue weighted by Crippen LogP contribution is 2.41. The van der Waals surface area contributed by atoms with Crippen molar-refractivity contribution in [3.8, 4) is 0 Å². The number of quaternary nitrogens is 5. The zero-order valence-corrected chi connectivity index (χ0v) is 96.8. The van der Waals surface area contributed by atoms with E-state index in [9.17, 15) is 198 Å². The molecular formula is C64H140F26N10O25S10Si5. The van der Waals surface area contributed by atoms with Crippen LogP contribution in [0.2, 0.25) is 98.2 Å². The Morgan fingerprint density at radius 2 is 0.436 bits per heavy atom. The van der Waals surface area contributed by atoms with Crippen LogP contribution in [0.5, 0.6) is 0 Å². The lowest BCUT2D eigenvalue weighted by atomic mass is 10.3. The molecule has 0 aromatic rings. The molecule has 1 heterocycles. The number of rotatable bonds is 42. The zero-order chi connectivity index (χ0) is 116. The van der Waals surface area contributed by atoms with Gasteiger partial charge in [-0.2, -0.15) is 114 Å². The monoisotopic (exact) mass is 2400 g/mol. The van der Waals surface area contributed by atoms with E-state index in [1.54, 1.807) is 0 Å². The molecule has 0 aliphatic carbocycles. The molecule has 76 heteroatoms. The Balaban J connectivity index is -0.000000195. The Hall–Kier alpha value is -1.84. The van der Waals surface area contributed by atoms with Crippen LogP contribution in [0, 0.1) is 0 Å². The van der Waals surface area contributed by atoms with Gasteiger partial charge in [-0.1, -0.05) is 6.92 Å². The van der Waals surface area contributed by atoms with Crippen molar-refractivity contribution in [2.75, 3.05) is 167 Å². The molecule has 0 amide bonds. The second-order valence-corrected chi connectivity index (χ2v) is 77.4. The van der Waals surface area contributed by atoms with Crippen LogP contribution >= 0.6 is 0 Å². The molecule has 1 aliphatic heterocycles. The summed E-state index contributed by atoms with van der Waals surface area (Å²) >= 11 is 0. The van der Waals surface area contributed by atoms with Crippen LogP contribution < -0.4 is 0 Å². The first-order chi connectivity index (χ1) is 60.2. The number of likely N-dealkylation sites (tertiary alicyclic amines) is 1. The maximum absolute atomic E-state index is 12.1. The minimum Gasteiger partial charge on any atom is -0.423 e. The first kappa shape index (κ1) is 156. The molecule has 0 unspecified atom stereocenters. The van der Waals surface area contributed by atoms with Gasteiger partial charge >= 0.3 is 54.1 Å². The van der Waals surface area contributed by atoms with E-state index in [1.165, 1.54) is 100 Å². The van der Waals surface area contributed by atoms with Crippen molar-refractivity contribution >= 4 is 142 Å². The van der Waals surface area contributed by atoms with Gasteiger partial charge in [-0.3, -0.25) is 0 Å². The molecule has 0 saturated carbocycles. The summed E-state index contributed by atoms with van der Waals surface area (Å²) in [6, 6.07) is 0. The smallest absolute Gasteiger partial charge is 0.423 e. The molecule has 140 heavy (non-hydrogen) atoms. The number of nitrogens with zero attached hydrogens (tertiary/aromatic N) is 10. The Labute approximate surface area is 814 Å². The van der Waals surface area contributed by atoms with Crippen LogP contribution in [-0.4, -0.2) is 369 Å². The third-order valence-corrected chi connectivity index (χ3v) is 37.6. The van der Waals surface area contributed by atoms with E-state index in [-0.39, 0.29) is 27.7 Å². The lowest BCUT2D eigenvalue weighted by Crippen LogP contribution is -2.50. The molecule has 0 atom stereocenters. The van der Waals surface area contributed by atoms with E-state index < -0.39 is 196 Å². The largest absolute Gasteiger partial charge is 0.480 e. The van der Waals surface area contributed by atoms with E-state index in [0.29, 0.717) is 0 Å². The fourth-order valence-electron chi connectivity index (χ4n) is 7.93. The summed E-state index contributed by atoms with van der Waals surface area (Å²) in [6.45, 7) is 70.0. The molecular weight excluding hydrogens is 2260 g/mol. The zero-order valence-electron chi connectivity index (χ0n) is 83.6. The Morgan fingerprint density at radius 1 is 0.257 bits per heavy atom. The van der Waals surface area contributed by atoms with Crippen molar-refractivity contribution in [2.45, 2.75) is 248 Å². The van der Waals surface area contributed by atoms with Crippen LogP contribution in [0.4, 0.5) is 114 Å². The highest BCUT2D eigenvalue weighted by atomic mass is 32.3. The molecule has 858 valence electrons. The van der Waals surface area contributed by atoms with E-state index in [1.807, 2.05) is 0 Å². The summed E-state index contributed by atoms with van der Waals surface area (Å²) in [5.41, 5.74) is -36.6. The molecule has 1 aliphatic rings. The van der Waals surface area contributed by atoms with Gasteiger partial charge in [-0.25, -0.2) is 84.2 Å². The molecule has 1 saturated heterocycles.